The van der Waals surface area contributed by atoms with Crippen molar-refractivity contribution in [1.29, 1.82) is 0 Å². The average Bonchev–Trinajstić information content (AvgIpc) is 2.44. The van der Waals surface area contributed by atoms with E-state index >= 15 is 0 Å². The van der Waals surface area contributed by atoms with E-state index in [-0.39, 0.29) is 0 Å². The van der Waals surface area contributed by atoms with Crippen LogP contribution >= 0.6 is 11.6 Å². The zero-order valence-corrected chi connectivity index (χ0v) is 14.3. The fourth-order valence-electron chi connectivity index (χ4n) is 2.02. The second-order valence-corrected chi connectivity index (χ2v) is 5.71. The van der Waals surface area contributed by atoms with Gasteiger partial charge < -0.3 is 19.7 Å². The van der Waals surface area contributed by atoms with E-state index in [0.29, 0.717) is 17.4 Å². The van der Waals surface area contributed by atoms with E-state index in [9.17, 15) is 0 Å². The molecule has 5 heteroatoms. The van der Waals surface area contributed by atoms with Crippen molar-refractivity contribution in [2.75, 3.05) is 40.9 Å². The molecule has 1 aromatic carbocycles. The van der Waals surface area contributed by atoms with E-state index in [4.69, 9.17) is 21.1 Å². The predicted molar refractivity (Wildman–Crippen MR) is 88.7 cm³/mol. The average molecular weight is 315 g/mol. The van der Waals surface area contributed by atoms with Gasteiger partial charge in [-0.3, -0.25) is 0 Å². The monoisotopic (exact) mass is 314 g/mol. The molecule has 4 nitrogen and oxygen atoms in total. The van der Waals surface area contributed by atoms with Crippen LogP contribution < -0.4 is 14.8 Å². The van der Waals surface area contributed by atoms with Crippen LogP contribution in [0.5, 0.6) is 11.5 Å². The SMILES string of the molecule is CCCOc1c(CNCCCN(C)C)cc(Cl)cc1OC. The van der Waals surface area contributed by atoms with Crippen molar-refractivity contribution >= 4 is 11.6 Å². The lowest BCUT2D eigenvalue weighted by atomic mass is 10.1. The molecule has 1 aromatic rings. The summed E-state index contributed by atoms with van der Waals surface area (Å²) < 4.78 is 11.2. The lowest BCUT2D eigenvalue weighted by Gasteiger charge is -2.16. The molecule has 0 amide bonds. The smallest absolute Gasteiger partial charge is 0.165 e. The van der Waals surface area contributed by atoms with Gasteiger partial charge in [0.15, 0.2) is 11.5 Å². The van der Waals surface area contributed by atoms with Gasteiger partial charge in [0.2, 0.25) is 0 Å². The minimum atomic E-state index is 0.667. The van der Waals surface area contributed by atoms with Crippen LogP contribution in [0.4, 0.5) is 0 Å². The van der Waals surface area contributed by atoms with Gasteiger partial charge in [0, 0.05) is 23.2 Å². The van der Waals surface area contributed by atoms with Crippen molar-refractivity contribution in [3.63, 3.8) is 0 Å². The van der Waals surface area contributed by atoms with E-state index in [0.717, 1.165) is 43.8 Å². The summed E-state index contributed by atoms with van der Waals surface area (Å²) in [5, 5.41) is 4.10. The highest BCUT2D eigenvalue weighted by Crippen LogP contribution is 2.34. The molecule has 0 aromatic heterocycles. The highest BCUT2D eigenvalue weighted by Gasteiger charge is 2.12. The van der Waals surface area contributed by atoms with Crippen molar-refractivity contribution < 1.29 is 9.47 Å². The summed E-state index contributed by atoms with van der Waals surface area (Å²) in [6.07, 6.45) is 2.07. The minimum Gasteiger partial charge on any atom is -0.493 e. The zero-order valence-electron chi connectivity index (χ0n) is 13.5. The molecule has 0 aliphatic rings. The summed E-state index contributed by atoms with van der Waals surface area (Å²) in [5.41, 5.74) is 1.04. The topological polar surface area (TPSA) is 33.7 Å². The number of nitrogens with zero attached hydrogens (tertiary/aromatic N) is 1. The molecular weight excluding hydrogens is 288 g/mol. The van der Waals surface area contributed by atoms with E-state index < -0.39 is 0 Å². The molecule has 0 atom stereocenters. The predicted octanol–water partition coefficient (Wildman–Crippen LogP) is 3.18. The van der Waals surface area contributed by atoms with Crippen LogP contribution in [0, 0.1) is 0 Å². The Hall–Kier alpha value is -0.970. The normalized spacial score (nSPS) is 11.0. The highest BCUT2D eigenvalue weighted by molar-refractivity contribution is 6.30. The largest absolute Gasteiger partial charge is 0.493 e. The van der Waals surface area contributed by atoms with Gasteiger partial charge in [-0.05, 0) is 46.1 Å². The molecule has 0 fully saturated rings. The molecule has 0 saturated carbocycles. The van der Waals surface area contributed by atoms with Gasteiger partial charge in [0.05, 0.1) is 13.7 Å². The van der Waals surface area contributed by atoms with Crippen LogP contribution in [0.25, 0.3) is 0 Å². The van der Waals surface area contributed by atoms with E-state index in [1.807, 2.05) is 6.07 Å². The van der Waals surface area contributed by atoms with Crippen LogP contribution in [0.15, 0.2) is 12.1 Å². The van der Waals surface area contributed by atoms with Crippen molar-refractivity contribution in [3.8, 4) is 11.5 Å². The second-order valence-electron chi connectivity index (χ2n) is 5.28. The van der Waals surface area contributed by atoms with Gasteiger partial charge in [-0.25, -0.2) is 0 Å². The van der Waals surface area contributed by atoms with Crippen LogP contribution in [0.2, 0.25) is 5.02 Å². The van der Waals surface area contributed by atoms with Crippen molar-refractivity contribution in [1.82, 2.24) is 10.2 Å². The van der Waals surface area contributed by atoms with Gasteiger partial charge in [-0.2, -0.15) is 0 Å². The van der Waals surface area contributed by atoms with E-state index in [2.05, 4.69) is 31.2 Å². The molecule has 0 aliphatic carbocycles. The van der Waals surface area contributed by atoms with Crippen molar-refractivity contribution in [3.05, 3.63) is 22.7 Å². The van der Waals surface area contributed by atoms with Crippen molar-refractivity contribution in [2.24, 2.45) is 0 Å². The highest BCUT2D eigenvalue weighted by atomic mass is 35.5. The molecule has 0 saturated heterocycles. The number of hydrogen-bond donors (Lipinski definition) is 1. The first-order chi connectivity index (χ1) is 10.1. The molecule has 0 heterocycles. The van der Waals surface area contributed by atoms with Crippen LogP contribution in [-0.2, 0) is 6.54 Å². The molecule has 1 rings (SSSR count). The molecule has 21 heavy (non-hydrogen) atoms. The third kappa shape index (κ3) is 6.55. The summed E-state index contributed by atoms with van der Waals surface area (Å²) in [5.74, 6) is 1.49. The standard InChI is InChI=1S/C16H27ClN2O2/c1-5-9-21-16-13(10-14(17)11-15(16)20-4)12-18-7-6-8-19(2)3/h10-11,18H,5-9,12H2,1-4H3. The maximum Gasteiger partial charge on any atom is 0.165 e. The number of methoxy groups -OCH3 is 1. The molecule has 0 bridgehead atoms. The summed E-state index contributed by atoms with van der Waals surface area (Å²) >= 11 is 6.15. The van der Waals surface area contributed by atoms with Crippen LogP contribution in [-0.4, -0.2) is 45.8 Å². The molecular formula is C16H27ClN2O2. The molecule has 1 N–H and O–H groups in total. The Morgan fingerprint density at radius 1 is 1.29 bits per heavy atom. The zero-order chi connectivity index (χ0) is 15.7. The van der Waals surface area contributed by atoms with E-state index in [1.54, 1.807) is 13.2 Å². The third-order valence-electron chi connectivity index (χ3n) is 3.04. The number of rotatable bonds is 10. The Morgan fingerprint density at radius 3 is 2.67 bits per heavy atom. The maximum absolute atomic E-state index is 6.15. The molecule has 0 radical (unpaired) electrons. The molecule has 120 valence electrons. The first-order valence-corrected chi connectivity index (χ1v) is 7.81. The fourth-order valence-corrected chi connectivity index (χ4v) is 2.25. The Morgan fingerprint density at radius 2 is 2.05 bits per heavy atom. The van der Waals surface area contributed by atoms with Gasteiger partial charge in [-0.15, -0.1) is 0 Å². The number of hydrogen-bond acceptors (Lipinski definition) is 4. The number of halogens is 1. The lowest BCUT2D eigenvalue weighted by Crippen LogP contribution is -2.21. The first kappa shape index (κ1) is 18.1. The third-order valence-corrected chi connectivity index (χ3v) is 3.26. The number of benzene rings is 1. The fraction of sp³-hybridized carbons (Fsp3) is 0.625. The minimum absolute atomic E-state index is 0.667. The maximum atomic E-state index is 6.15. The molecule has 0 aliphatic heterocycles. The van der Waals surface area contributed by atoms with E-state index in [1.165, 1.54) is 0 Å². The Labute approximate surface area is 133 Å². The molecule has 0 spiro atoms. The van der Waals surface area contributed by atoms with Gasteiger partial charge in [-0.1, -0.05) is 18.5 Å². The van der Waals surface area contributed by atoms with Gasteiger partial charge in [0.1, 0.15) is 0 Å². The first-order valence-electron chi connectivity index (χ1n) is 7.43. The Kier molecular flexibility index (Phi) is 8.50. The summed E-state index contributed by atoms with van der Waals surface area (Å²) in [7, 11) is 5.80. The van der Waals surface area contributed by atoms with Gasteiger partial charge in [0.25, 0.3) is 0 Å². The molecule has 0 unspecified atom stereocenters. The lowest BCUT2D eigenvalue weighted by molar-refractivity contribution is 0.290. The van der Waals surface area contributed by atoms with Gasteiger partial charge >= 0.3 is 0 Å². The quantitative estimate of drug-likeness (QED) is 0.673. The number of nitrogens with one attached hydrogen (secondary N) is 1. The van der Waals surface area contributed by atoms with Crippen LogP contribution in [0.1, 0.15) is 25.3 Å². The Balaban J connectivity index is 2.67. The van der Waals surface area contributed by atoms with Crippen molar-refractivity contribution in [2.45, 2.75) is 26.3 Å². The summed E-state index contributed by atoms with van der Waals surface area (Å²) in [6.45, 7) is 5.52. The van der Waals surface area contributed by atoms with Crippen LogP contribution in [0.3, 0.4) is 0 Å². The number of ether oxygens (including phenoxy) is 2. The summed E-state index contributed by atoms with van der Waals surface area (Å²) in [6, 6.07) is 3.73. The second kappa shape index (κ2) is 9.87. The summed E-state index contributed by atoms with van der Waals surface area (Å²) in [4.78, 5) is 2.18. The Bertz CT molecular complexity index is 425.